The minimum atomic E-state index is -0.0629. The summed E-state index contributed by atoms with van der Waals surface area (Å²) in [5.74, 6) is 0.102. The van der Waals surface area contributed by atoms with Crippen molar-refractivity contribution in [3.63, 3.8) is 0 Å². The predicted molar refractivity (Wildman–Crippen MR) is 86.9 cm³/mol. The van der Waals surface area contributed by atoms with Gasteiger partial charge >= 0.3 is 0 Å². The van der Waals surface area contributed by atoms with Crippen LogP contribution in [0.25, 0.3) is 0 Å². The van der Waals surface area contributed by atoms with Crippen molar-refractivity contribution in [1.29, 1.82) is 0 Å². The van der Waals surface area contributed by atoms with Gasteiger partial charge in [-0.3, -0.25) is 4.79 Å². The number of carbonyl (C=O) groups is 1. The van der Waals surface area contributed by atoms with E-state index in [1.807, 2.05) is 56.4 Å². The number of anilines is 2. The summed E-state index contributed by atoms with van der Waals surface area (Å²) in [4.78, 5) is 14.7. The normalized spacial score (nSPS) is 16.8. The van der Waals surface area contributed by atoms with Crippen molar-refractivity contribution in [2.45, 2.75) is 19.3 Å². The Morgan fingerprint density at radius 3 is 2.67 bits per heavy atom. The topological polar surface area (TPSA) is 32.3 Å². The van der Waals surface area contributed by atoms with E-state index in [1.165, 1.54) is 0 Å². The highest BCUT2D eigenvalue weighted by Crippen LogP contribution is 2.33. The van der Waals surface area contributed by atoms with Gasteiger partial charge in [-0.2, -0.15) is 0 Å². The Kier molecular flexibility index (Phi) is 3.65. The Bertz CT molecular complexity index is 666. The molecule has 1 amide bonds. The molecule has 1 atom stereocenters. The van der Waals surface area contributed by atoms with Crippen molar-refractivity contribution in [2.24, 2.45) is 0 Å². The van der Waals surface area contributed by atoms with Gasteiger partial charge in [-0.25, -0.2) is 0 Å². The third-order valence-electron chi connectivity index (χ3n) is 4.19. The smallest absolute Gasteiger partial charge is 0.234 e. The van der Waals surface area contributed by atoms with Gasteiger partial charge in [0.15, 0.2) is 0 Å². The molecule has 1 unspecified atom stereocenters. The molecule has 0 spiro atoms. The third kappa shape index (κ3) is 2.51. The summed E-state index contributed by atoms with van der Waals surface area (Å²) in [7, 11) is 1.87. The standard InChI is InChI=1S/C18H20N2O/c1-13-7-3-6-10-17(13)20(2)18(21)15-11-12-19-16-9-5-4-8-14(15)16/h3-10,15,19H,11-12H2,1-2H3. The average molecular weight is 280 g/mol. The van der Waals surface area contributed by atoms with Crippen molar-refractivity contribution in [1.82, 2.24) is 0 Å². The van der Waals surface area contributed by atoms with Crippen LogP contribution in [0.5, 0.6) is 0 Å². The van der Waals surface area contributed by atoms with Crippen LogP contribution in [0.1, 0.15) is 23.5 Å². The molecule has 1 aliphatic heterocycles. The first kappa shape index (κ1) is 13.7. The van der Waals surface area contributed by atoms with E-state index in [2.05, 4.69) is 11.4 Å². The molecule has 21 heavy (non-hydrogen) atoms. The number of fused-ring (bicyclic) bond motifs is 1. The maximum Gasteiger partial charge on any atom is 0.234 e. The molecule has 0 saturated carbocycles. The summed E-state index contributed by atoms with van der Waals surface area (Å²) < 4.78 is 0. The molecule has 0 aliphatic carbocycles. The summed E-state index contributed by atoms with van der Waals surface area (Å²) in [5.41, 5.74) is 4.29. The van der Waals surface area contributed by atoms with Gasteiger partial charge in [0.2, 0.25) is 5.91 Å². The van der Waals surface area contributed by atoms with Gasteiger partial charge in [-0.05, 0) is 36.6 Å². The summed E-state index contributed by atoms with van der Waals surface area (Å²) >= 11 is 0. The predicted octanol–water partition coefficient (Wildman–Crippen LogP) is 3.56. The fourth-order valence-corrected chi connectivity index (χ4v) is 3.02. The molecule has 0 aromatic heterocycles. The largest absolute Gasteiger partial charge is 0.385 e. The second-order valence-electron chi connectivity index (χ2n) is 5.54. The fourth-order valence-electron chi connectivity index (χ4n) is 3.02. The van der Waals surface area contributed by atoms with Gasteiger partial charge in [0.25, 0.3) is 0 Å². The molecule has 0 radical (unpaired) electrons. The van der Waals surface area contributed by atoms with E-state index in [-0.39, 0.29) is 11.8 Å². The van der Waals surface area contributed by atoms with Crippen LogP contribution in [0.15, 0.2) is 48.5 Å². The first-order valence-corrected chi connectivity index (χ1v) is 7.34. The number of carbonyl (C=O) groups excluding carboxylic acids is 1. The molecular weight excluding hydrogens is 260 g/mol. The number of amides is 1. The Hall–Kier alpha value is -2.29. The molecule has 3 heteroatoms. The van der Waals surface area contributed by atoms with Gasteiger partial charge in [0.1, 0.15) is 0 Å². The van der Waals surface area contributed by atoms with Crippen LogP contribution < -0.4 is 10.2 Å². The molecular formula is C18H20N2O. The van der Waals surface area contributed by atoms with E-state index in [1.54, 1.807) is 4.90 Å². The average Bonchev–Trinajstić information content (AvgIpc) is 2.53. The molecule has 3 rings (SSSR count). The lowest BCUT2D eigenvalue weighted by molar-refractivity contribution is -0.119. The van der Waals surface area contributed by atoms with E-state index in [4.69, 9.17) is 0 Å². The number of nitrogens with zero attached hydrogens (tertiary/aromatic N) is 1. The second-order valence-corrected chi connectivity index (χ2v) is 5.54. The minimum absolute atomic E-state index is 0.0629. The molecule has 1 heterocycles. The zero-order valence-electron chi connectivity index (χ0n) is 12.5. The Morgan fingerprint density at radius 1 is 1.14 bits per heavy atom. The van der Waals surface area contributed by atoms with Gasteiger partial charge in [0, 0.05) is 25.0 Å². The van der Waals surface area contributed by atoms with Crippen molar-refractivity contribution in [3.8, 4) is 0 Å². The first-order valence-electron chi connectivity index (χ1n) is 7.34. The number of rotatable bonds is 2. The number of aryl methyl sites for hydroxylation is 1. The maximum absolute atomic E-state index is 12.9. The van der Waals surface area contributed by atoms with E-state index >= 15 is 0 Å². The minimum Gasteiger partial charge on any atom is -0.385 e. The van der Waals surface area contributed by atoms with Crippen LogP contribution in [0.2, 0.25) is 0 Å². The summed E-state index contributed by atoms with van der Waals surface area (Å²) in [6, 6.07) is 16.1. The Labute approximate surface area is 125 Å². The SMILES string of the molecule is Cc1ccccc1N(C)C(=O)C1CCNc2ccccc21. The van der Waals surface area contributed by atoms with Crippen molar-refractivity contribution in [2.75, 3.05) is 23.8 Å². The number of likely N-dealkylation sites (N-methyl/N-ethyl adjacent to an activating group) is 1. The van der Waals surface area contributed by atoms with Gasteiger partial charge < -0.3 is 10.2 Å². The number of benzene rings is 2. The van der Waals surface area contributed by atoms with Gasteiger partial charge in [-0.15, -0.1) is 0 Å². The van der Waals surface area contributed by atoms with Crippen LogP contribution in [-0.4, -0.2) is 19.5 Å². The molecule has 0 fully saturated rings. The monoisotopic (exact) mass is 280 g/mol. The number of para-hydroxylation sites is 2. The quantitative estimate of drug-likeness (QED) is 0.912. The zero-order chi connectivity index (χ0) is 14.8. The lowest BCUT2D eigenvalue weighted by Gasteiger charge is -2.30. The van der Waals surface area contributed by atoms with Crippen LogP contribution >= 0.6 is 0 Å². The molecule has 1 aliphatic rings. The van der Waals surface area contributed by atoms with Crippen molar-refractivity contribution < 1.29 is 4.79 Å². The summed E-state index contributed by atoms with van der Waals surface area (Å²) in [5, 5.41) is 3.37. The fraction of sp³-hybridized carbons (Fsp3) is 0.278. The number of hydrogen-bond donors (Lipinski definition) is 1. The number of nitrogens with one attached hydrogen (secondary N) is 1. The second kappa shape index (κ2) is 5.60. The Balaban J connectivity index is 1.91. The van der Waals surface area contributed by atoms with Gasteiger partial charge in [-0.1, -0.05) is 36.4 Å². The Morgan fingerprint density at radius 2 is 1.86 bits per heavy atom. The van der Waals surface area contributed by atoms with Gasteiger partial charge in [0.05, 0.1) is 5.92 Å². The van der Waals surface area contributed by atoms with Crippen LogP contribution in [0, 0.1) is 6.92 Å². The van der Waals surface area contributed by atoms with Crippen LogP contribution in [0.4, 0.5) is 11.4 Å². The maximum atomic E-state index is 12.9. The first-order chi connectivity index (χ1) is 10.2. The molecule has 0 bridgehead atoms. The lowest BCUT2D eigenvalue weighted by Crippen LogP contribution is -2.35. The van der Waals surface area contributed by atoms with E-state index in [9.17, 15) is 4.79 Å². The molecule has 3 nitrogen and oxygen atoms in total. The molecule has 2 aromatic carbocycles. The summed E-state index contributed by atoms with van der Waals surface area (Å²) in [6.45, 7) is 2.88. The molecule has 0 saturated heterocycles. The van der Waals surface area contributed by atoms with Crippen LogP contribution in [0.3, 0.4) is 0 Å². The highest BCUT2D eigenvalue weighted by Gasteiger charge is 2.29. The van der Waals surface area contributed by atoms with Crippen molar-refractivity contribution >= 4 is 17.3 Å². The van der Waals surface area contributed by atoms with Crippen molar-refractivity contribution in [3.05, 3.63) is 59.7 Å². The van der Waals surface area contributed by atoms with E-state index in [0.717, 1.165) is 35.5 Å². The van der Waals surface area contributed by atoms with E-state index < -0.39 is 0 Å². The van der Waals surface area contributed by atoms with E-state index in [0.29, 0.717) is 0 Å². The molecule has 108 valence electrons. The van der Waals surface area contributed by atoms with Crippen LogP contribution in [-0.2, 0) is 4.79 Å². The zero-order valence-corrected chi connectivity index (χ0v) is 12.5. The summed E-state index contributed by atoms with van der Waals surface area (Å²) in [6.07, 6.45) is 0.839. The third-order valence-corrected chi connectivity index (χ3v) is 4.19. The highest BCUT2D eigenvalue weighted by atomic mass is 16.2. The number of hydrogen-bond acceptors (Lipinski definition) is 2. The molecule has 2 aromatic rings. The molecule has 1 N–H and O–H groups in total. The lowest BCUT2D eigenvalue weighted by atomic mass is 9.89. The highest BCUT2D eigenvalue weighted by molar-refractivity contribution is 5.99.